The number of hydrogen-bond acceptors (Lipinski definition) is 11. The van der Waals surface area contributed by atoms with Crippen molar-refractivity contribution in [2.75, 3.05) is 39.5 Å². The first-order chi connectivity index (χ1) is 18.1. The van der Waals surface area contributed by atoms with Crippen LogP contribution in [0.4, 0.5) is 0 Å². The average Bonchev–Trinajstić information content (AvgIpc) is 3.17. The number of carboxylic acids is 3. The molecule has 2 amide bonds. The van der Waals surface area contributed by atoms with Crippen molar-refractivity contribution in [3.05, 3.63) is 17.9 Å². The highest BCUT2D eigenvalue weighted by atomic mass is 79.9. The molecule has 0 aromatic heterocycles. The minimum atomic E-state index is -0.953. The Balaban J connectivity index is -0.000000507. The first-order valence-corrected chi connectivity index (χ1v) is 13.5. The van der Waals surface area contributed by atoms with Gasteiger partial charge in [-0.2, -0.15) is 0 Å². The molecule has 19 heteroatoms. The van der Waals surface area contributed by atoms with Gasteiger partial charge in [0.2, 0.25) is 0 Å². The minimum absolute atomic E-state index is 0. The van der Waals surface area contributed by atoms with Crippen LogP contribution in [-0.2, 0) is 47.8 Å². The summed E-state index contributed by atoms with van der Waals surface area (Å²) in [6, 6.07) is 0. The third kappa shape index (κ3) is 18.0. The van der Waals surface area contributed by atoms with E-state index in [1.165, 1.54) is 0 Å². The lowest BCUT2D eigenvalue weighted by Gasteiger charge is -2.13. The van der Waals surface area contributed by atoms with E-state index in [1.54, 1.807) is 0 Å². The van der Waals surface area contributed by atoms with E-state index in [2.05, 4.69) is 68.5 Å². The number of hydrogen-bond donors (Lipinski definition) is 4. The molecule has 0 aliphatic carbocycles. The van der Waals surface area contributed by atoms with Gasteiger partial charge in [0.05, 0.1) is 45.8 Å². The Morgan fingerprint density at radius 1 is 0.769 bits per heavy atom. The molecule has 0 aromatic rings. The van der Waals surface area contributed by atoms with Crippen molar-refractivity contribution in [1.82, 2.24) is 4.90 Å². The van der Waals surface area contributed by atoms with Crippen LogP contribution in [0.2, 0.25) is 0 Å². The summed E-state index contributed by atoms with van der Waals surface area (Å²) in [5, 5.41) is 23.9. The van der Waals surface area contributed by atoms with E-state index in [1.807, 2.05) is 0 Å². The molecule has 2 heterocycles. The average molecular weight is 823 g/mol. The first kappa shape index (κ1) is 39.1. The highest BCUT2D eigenvalue weighted by molar-refractivity contribution is 9.15. The Kier molecular flexibility index (Phi) is 21.8. The van der Waals surface area contributed by atoms with Gasteiger partial charge in [-0.1, -0.05) is 0 Å². The Morgan fingerprint density at radius 2 is 1.13 bits per heavy atom. The standard InChI is InChI=1S/C9H9Br2NO5.C5H11NO3.C4Br2O3.C2H4O2.H2/c10-6-7(11)9(16)12(8(6)15)2-4-17-3-1-5(13)14;6-2-4-9-3-1-5(7)8;5-1-2(6)4(8)9-3(1)7;1-2(3)4;/h1-4H2,(H,13,14);1-4,6H2,(H,7,8);;1H3,(H,3,4);1H/i;;;;1+1. The molecule has 5 N–H and O–H groups in total. The maximum absolute atomic E-state index is 11.5. The number of cyclic esters (lactones) is 2. The van der Waals surface area contributed by atoms with Crippen molar-refractivity contribution >= 4 is 105 Å². The lowest BCUT2D eigenvalue weighted by molar-refractivity contribution is -0.150. The number of ether oxygens (including phenoxy) is 3. The number of halogens is 4. The molecule has 0 atom stereocenters. The molecule has 2 aliphatic heterocycles. The van der Waals surface area contributed by atoms with Crippen molar-refractivity contribution < 1.29 is 64.5 Å². The number of imide groups is 1. The van der Waals surface area contributed by atoms with Crippen LogP contribution in [0.5, 0.6) is 0 Å². The van der Waals surface area contributed by atoms with Crippen molar-refractivity contribution in [2.24, 2.45) is 5.73 Å². The molecule has 222 valence electrons. The summed E-state index contributed by atoms with van der Waals surface area (Å²) in [5.74, 6) is -4.77. The van der Waals surface area contributed by atoms with Crippen molar-refractivity contribution in [2.45, 2.75) is 19.8 Å². The molecule has 0 spiro atoms. The van der Waals surface area contributed by atoms with Gasteiger partial charge in [0.25, 0.3) is 17.8 Å². The van der Waals surface area contributed by atoms with E-state index in [4.69, 9.17) is 35.3 Å². The second-order valence-corrected chi connectivity index (χ2v) is 9.69. The lowest BCUT2D eigenvalue weighted by Crippen LogP contribution is -2.34. The topological polar surface area (TPSA) is 237 Å². The Morgan fingerprint density at radius 3 is 1.41 bits per heavy atom. The number of nitrogens with two attached hydrogens (primary N) is 1. The molecule has 15 nitrogen and oxygen atoms in total. The van der Waals surface area contributed by atoms with Crippen LogP contribution < -0.4 is 5.73 Å². The van der Waals surface area contributed by atoms with Crippen LogP contribution in [0.1, 0.15) is 21.2 Å². The number of nitrogens with zero attached hydrogens (tertiary/aromatic N) is 1. The number of carbonyl (C=O) groups excluding carboxylic acids is 4. The Labute approximate surface area is 256 Å². The van der Waals surface area contributed by atoms with E-state index >= 15 is 0 Å². The van der Waals surface area contributed by atoms with Crippen LogP contribution in [0, 0.1) is 0 Å². The third-order valence-corrected chi connectivity index (χ3v) is 7.41. The van der Waals surface area contributed by atoms with Crippen LogP contribution in [0.25, 0.3) is 0 Å². The smallest absolute Gasteiger partial charge is 0.354 e. The van der Waals surface area contributed by atoms with Crippen molar-refractivity contribution in [3.63, 3.8) is 0 Å². The zero-order valence-corrected chi connectivity index (χ0v) is 26.5. The van der Waals surface area contributed by atoms with Gasteiger partial charge in [-0.05, 0) is 63.7 Å². The summed E-state index contributed by atoms with van der Waals surface area (Å²) in [6.45, 7) is 2.49. The van der Waals surface area contributed by atoms with Gasteiger partial charge in [0, 0.05) is 14.9 Å². The van der Waals surface area contributed by atoms with E-state index in [0.29, 0.717) is 13.2 Å². The van der Waals surface area contributed by atoms with Crippen LogP contribution in [0.15, 0.2) is 17.9 Å². The molecule has 0 unspecified atom stereocenters. The first-order valence-electron chi connectivity index (χ1n) is 10.3. The maximum Gasteiger partial charge on any atom is 0.354 e. The van der Waals surface area contributed by atoms with Gasteiger partial charge < -0.3 is 35.3 Å². The zero-order chi connectivity index (χ0) is 30.7. The summed E-state index contributed by atoms with van der Waals surface area (Å²) in [7, 11) is 0. The molecule has 0 radical (unpaired) electrons. The summed E-state index contributed by atoms with van der Waals surface area (Å²) in [5.41, 5.74) is 5.07. The molecule has 0 saturated heterocycles. The molecule has 0 aromatic carbocycles. The van der Waals surface area contributed by atoms with Gasteiger partial charge in [0.15, 0.2) is 0 Å². The number of rotatable bonds is 11. The number of esters is 2. The largest absolute Gasteiger partial charge is 0.481 e. The number of carboxylic acid groups (broad SMARTS) is 3. The summed E-state index contributed by atoms with van der Waals surface area (Å²) in [6.07, 6.45) is -0.0481. The number of amides is 2. The van der Waals surface area contributed by atoms with E-state index < -0.39 is 41.7 Å². The highest BCUT2D eigenvalue weighted by Gasteiger charge is 2.35. The van der Waals surface area contributed by atoms with Gasteiger partial charge in [-0.3, -0.25) is 28.9 Å². The predicted molar refractivity (Wildman–Crippen MR) is 148 cm³/mol. The van der Waals surface area contributed by atoms with E-state index in [0.717, 1.165) is 11.8 Å². The maximum atomic E-state index is 11.5. The lowest BCUT2D eigenvalue weighted by atomic mass is 10.5. The van der Waals surface area contributed by atoms with Gasteiger partial charge >= 0.3 is 23.9 Å². The molecule has 0 saturated carbocycles. The molecule has 0 bridgehead atoms. The highest BCUT2D eigenvalue weighted by Crippen LogP contribution is 2.29. The van der Waals surface area contributed by atoms with E-state index in [-0.39, 0.29) is 58.6 Å². The summed E-state index contributed by atoms with van der Waals surface area (Å²) in [4.78, 5) is 73.9. The molecular formula is C20H26Br4N2O13. The molecule has 2 rings (SSSR count). The molecular weight excluding hydrogens is 796 g/mol. The summed E-state index contributed by atoms with van der Waals surface area (Å²) >= 11 is 11.7. The fourth-order valence-electron chi connectivity index (χ4n) is 1.84. The fraction of sp³-hybridized carbons (Fsp3) is 0.450. The van der Waals surface area contributed by atoms with Crippen molar-refractivity contribution in [1.29, 1.82) is 0 Å². The minimum Gasteiger partial charge on any atom is -0.481 e. The SMILES string of the molecule is CC(=O)O.NCCOCCC(=O)O.O=C(O)CCOCCN1C(=O)C(Br)=C(Br)C1=O.O=C1OC(=O)C(Br)=C1Br.[2HH]. The van der Waals surface area contributed by atoms with Crippen LogP contribution in [0.3, 0.4) is 0 Å². The Bertz CT molecular complexity index is 955. The quantitative estimate of drug-likeness (QED) is 0.101. The monoisotopic (exact) mass is 819 g/mol. The Hall–Kier alpha value is -2.03. The zero-order valence-electron chi connectivity index (χ0n) is 20.1. The fourth-order valence-corrected chi connectivity index (χ4v) is 3.09. The van der Waals surface area contributed by atoms with Gasteiger partial charge in [-0.25, -0.2) is 9.59 Å². The second kappa shape index (κ2) is 21.8. The number of aliphatic carboxylic acids is 3. The van der Waals surface area contributed by atoms with Gasteiger partial charge in [0.1, 0.15) is 17.9 Å². The summed E-state index contributed by atoms with van der Waals surface area (Å²) < 4.78 is 14.6. The molecule has 0 fully saturated rings. The molecule has 2 aliphatic rings. The van der Waals surface area contributed by atoms with Crippen LogP contribution >= 0.6 is 63.7 Å². The second-order valence-electron chi connectivity index (χ2n) is 6.51. The normalized spacial score (nSPS) is 14.2. The predicted octanol–water partition coefficient (Wildman–Crippen LogP) is 1.69. The molecule has 39 heavy (non-hydrogen) atoms. The van der Waals surface area contributed by atoms with Crippen molar-refractivity contribution in [3.8, 4) is 0 Å². The van der Waals surface area contributed by atoms with Crippen LogP contribution in [-0.4, -0.2) is 101 Å². The van der Waals surface area contributed by atoms with E-state index in [9.17, 15) is 28.8 Å². The third-order valence-electron chi connectivity index (χ3n) is 3.44. The van der Waals surface area contributed by atoms with Gasteiger partial charge in [-0.15, -0.1) is 0 Å². The number of carbonyl (C=O) groups is 7.